The van der Waals surface area contributed by atoms with Gasteiger partial charge < -0.3 is 9.15 Å². The minimum Gasteiger partial charge on any atom is -0.457 e. The molecule has 57 heavy (non-hydrogen) atoms. The van der Waals surface area contributed by atoms with E-state index >= 15 is 0 Å². The summed E-state index contributed by atoms with van der Waals surface area (Å²) >= 11 is 0. The van der Waals surface area contributed by atoms with E-state index in [0.29, 0.717) is 17.5 Å². The maximum atomic E-state index is 6.93. The summed E-state index contributed by atoms with van der Waals surface area (Å²) in [4.78, 5) is 14.9. The van der Waals surface area contributed by atoms with Gasteiger partial charge in [-0.3, -0.25) is 0 Å². The normalized spacial score (nSPS) is 13.2. The third-order valence-corrected chi connectivity index (χ3v) is 11.6. The fourth-order valence-corrected chi connectivity index (χ4v) is 9.13. The van der Waals surface area contributed by atoms with Gasteiger partial charge in [-0.2, -0.15) is 0 Å². The van der Waals surface area contributed by atoms with E-state index < -0.39 is 5.41 Å². The van der Waals surface area contributed by atoms with Gasteiger partial charge >= 0.3 is 0 Å². The molecule has 2 aliphatic rings. The summed E-state index contributed by atoms with van der Waals surface area (Å²) in [7, 11) is 0. The first-order chi connectivity index (χ1) is 28.2. The summed E-state index contributed by atoms with van der Waals surface area (Å²) < 4.78 is 13.5. The van der Waals surface area contributed by atoms with Crippen LogP contribution >= 0.6 is 0 Å². The van der Waals surface area contributed by atoms with Crippen LogP contribution in [0.3, 0.4) is 0 Å². The van der Waals surface area contributed by atoms with Gasteiger partial charge in [0.05, 0.1) is 5.41 Å². The highest BCUT2D eigenvalue weighted by Gasteiger charge is 2.51. The van der Waals surface area contributed by atoms with E-state index in [1.807, 2.05) is 60.7 Å². The van der Waals surface area contributed by atoms with Crippen molar-refractivity contribution in [1.82, 2.24) is 15.0 Å². The van der Waals surface area contributed by atoms with Crippen molar-refractivity contribution in [3.63, 3.8) is 0 Å². The molecule has 0 amide bonds. The first kappa shape index (κ1) is 31.7. The van der Waals surface area contributed by atoms with Crippen molar-refractivity contribution in [1.29, 1.82) is 0 Å². The summed E-state index contributed by atoms with van der Waals surface area (Å²) in [5.74, 6) is 3.63. The second-order valence-electron chi connectivity index (χ2n) is 14.7. The summed E-state index contributed by atoms with van der Waals surface area (Å²) in [6, 6.07) is 65.3. The number of para-hydroxylation sites is 3. The highest BCUT2D eigenvalue weighted by atomic mass is 16.5. The van der Waals surface area contributed by atoms with E-state index in [9.17, 15) is 0 Å². The lowest BCUT2D eigenvalue weighted by molar-refractivity contribution is 0.436. The van der Waals surface area contributed by atoms with Gasteiger partial charge in [0.1, 0.15) is 22.7 Å². The maximum absolute atomic E-state index is 6.93. The van der Waals surface area contributed by atoms with E-state index in [1.54, 1.807) is 0 Å². The Labute approximate surface area is 328 Å². The Morgan fingerprint density at radius 1 is 0.351 bits per heavy atom. The number of hydrogen-bond acceptors (Lipinski definition) is 5. The highest BCUT2D eigenvalue weighted by Crippen LogP contribution is 2.62. The van der Waals surface area contributed by atoms with Crippen molar-refractivity contribution < 1.29 is 9.15 Å². The van der Waals surface area contributed by atoms with Crippen LogP contribution < -0.4 is 4.74 Å². The molecule has 3 heterocycles. The Bertz CT molecular complexity index is 3120. The molecule has 10 aromatic rings. The molecule has 0 saturated carbocycles. The van der Waals surface area contributed by atoms with Crippen LogP contribution in [0.4, 0.5) is 0 Å². The second-order valence-corrected chi connectivity index (χ2v) is 14.7. The van der Waals surface area contributed by atoms with Gasteiger partial charge in [0.15, 0.2) is 17.5 Å². The van der Waals surface area contributed by atoms with Gasteiger partial charge in [0.25, 0.3) is 0 Å². The Hall–Kier alpha value is -7.63. The second kappa shape index (κ2) is 12.2. The van der Waals surface area contributed by atoms with Crippen molar-refractivity contribution in [2.75, 3.05) is 0 Å². The number of hydrogen-bond donors (Lipinski definition) is 0. The fourth-order valence-electron chi connectivity index (χ4n) is 9.13. The van der Waals surface area contributed by atoms with E-state index in [2.05, 4.69) is 127 Å². The monoisotopic (exact) mass is 729 g/mol. The lowest BCUT2D eigenvalue weighted by Gasteiger charge is -2.39. The van der Waals surface area contributed by atoms with Crippen LogP contribution in [-0.2, 0) is 5.41 Å². The summed E-state index contributed by atoms with van der Waals surface area (Å²) in [6.07, 6.45) is 0. The zero-order chi connectivity index (χ0) is 37.5. The van der Waals surface area contributed by atoms with Crippen LogP contribution in [-0.4, -0.2) is 15.0 Å². The van der Waals surface area contributed by atoms with Crippen LogP contribution in [0, 0.1) is 0 Å². The molecule has 0 saturated heterocycles. The van der Waals surface area contributed by atoms with Gasteiger partial charge in [-0.05, 0) is 58.1 Å². The Kier molecular flexibility index (Phi) is 6.78. The molecule has 0 radical (unpaired) electrons. The van der Waals surface area contributed by atoms with Crippen molar-refractivity contribution in [3.05, 3.63) is 210 Å². The van der Waals surface area contributed by atoms with Crippen molar-refractivity contribution in [2.45, 2.75) is 5.41 Å². The van der Waals surface area contributed by atoms with Gasteiger partial charge in [-0.15, -0.1) is 0 Å². The minimum atomic E-state index is -0.553. The van der Waals surface area contributed by atoms with Crippen LogP contribution in [0.25, 0.3) is 78.4 Å². The molecular formula is C52H31N3O2. The van der Waals surface area contributed by atoms with Crippen LogP contribution in [0.1, 0.15) is 22.3 Å². The molecule has 5 heteroatoms. The van der Waals surface area contributed by atoms with Crippen LogP contribution in [0.2, 0.25) is 0 Å². The molecule has 0 N–H and O–H groups in total. The molecular weight excluding hydrogens is 699 g/mol. The van der Waals surface area contributed by atoms with Crippen molar-refractivity contribution in [3.8, 4) is 67.9 Å². The number of fused-ring (bicyclic) bond motifs is 12. The molecule has 1 aliphatic carbocycles. The minimum absolute atomic E-state index is 0.553. The van der Waals surface area contributed by atoms with E-state index in [4.69, 9.17) is 24.1 Å². The zero-order valence-electron chi connectivity index (χ0n) is 30.6. The zero-order valence-corrected chi connectivity index (χ0v) is 30.6. The van der Waals surface area contributed by atoms with E-state index in [-0.39, 0.29) is 0 Å². The Morgan fingerprint density at radius 3 is 1.56 bits per heavy atom. The maximum Gasteiger partial charge on any atom is 0.164 e. The number of benzene rings is 8. The first-order valence-corrected chi connectivity index (χ1v) is 19.2. The van der Waals surface area contributed by atoms with Gasteiger partial charge in [-0.25, -0.2) is 15.0 Å². The molecule has 12 rings (SSSR count). The SMILES string of the molecule is c1ccc(-c2nc(-c3ccccc3)nc(-c3cccc(-c4cccc5c4oc4cc6c(cc45)C4(c5ccccc5Oc5ccccc54)c4ccccc4-6)c3)n2)cc1. The molecule has 1 aliphatic heterocycles. The smallest absolute Gasteiger partial charge is 0.164 e. The van der Waals surface area contributed by atoms with E-state index in [1.165, 1.54) is 22.3 Å². The lowest BCUT2D eigenvalue weighted by Crippen LogP contribution is -2.32. The van der Waals surface area contributed by atoms with Crippen molar-refractivity contribution >= 4 is 21.9 Å². The Morgan fingerprint density at radius 2 is 0.877 bits per heavy atom. The molecule has 5 nitrogen and oxygen atoms in total. The largest absolute Gasteiger partial charge is 0.457 e. The summed E-state index contributed by atoms with van der Waals surface area (Å²) in [5, 5.41) is 2.14. The molecule has 0 fully saturated rings. The molecule has 8 aromatic carbocycles. The average molecular weight is 730 g/mol. The van der Waals surface area contributed by atoms with Gasteiger partial charge in [0.2, 0.25) is 0 Å². The van der Waals surface area contributed by atoms with Gasteiger partial charge in [0, 0.05) is 44.2 Å². The summed E-state index contributed by atoms with van der Waals surface area (Å²) in [5.41, 5.74) is 13.1. The van der Waals surface area contributed by atoms with Crippen molar-refractivity contribution in [2.24, 2.45) is 0 Å². The number of furan rings is 1. The molecule has 1 spiro atoms. The number of aromatic nitrogens is 3. The van der Waals surface area contributed by atoms with E-state index in [0.717, 1.165) is 72.4 Å². The number of rotatable bonds is 4. The average Bonchev–Trinajstić information content (AvgIpc) is 3.79. The predicted molar refractivity (Wildman–Crippen MR) is 226 cm³/mol. The molecule has 0 atom stereocenters. The third kappa shape index (κ3) is 4.66. The summed E-state index contributed by atoms with van der Waals surface area (Å²) in [6.45, 7) is 0. The van der Waals surface area contributed by atoms with Crippen LogP contribution in [0.15, 0.2) is 192 Å². The lowest BCUT2D eigenvalue weighted by atomic mass is 9.66. The van der Waals surface area contributed by atoms with Gasteiger partial charge in [-0.1, -0.05) is 158 Å². The molecule has 2 aromatic heterocycles. The standard InChI is InChI=1S/C52H31N3O2/c1-3-15-32(16-4-1)49-53-50(33-17-5-2-6-18-33)55-51(54-49)35-20-13-19-34(29-35)36-22-14-23-38-40-30-44-39(31-47(40)57-48(36)38)37-21-7-8-24-41(37)52(44)42-25-9-11-27-45(42)56-46-28-12-10-26-43(46)52/h1-31H. The third-order valence-electron chi connectivity index (χ3n) is 11.6. The fraction of sp³-hybridized carbons (Fsp3) is 0.0192. The Balaban J connectivity index is 1.05. The molecule has 0 unspecified atom stereocenters. The quantitative estimate of drug-likeness (QED) is 0.180. The molecule has 266 valence electrons. The van der Waals surface area contributed by atoms with Crippen LogP contribution in [0.5, 0.6) is 11.5 Å². The molecule has 0 bridgehead atoms. The first-order valence-electron chi connectivity index (χ1n) is 19.2. The number of ether oxygens (including phenoxy) is 1. The number of nitrogens with zero attached hydrogens (tertiary/aromatic N) is 3. The topological polar surface area (TPSA) is 61.0 Å². The highest BCUT2D eigenvalue weighted by molar-refractivity contribution is 6.12. The predicted octanol–water partition coefficient (Wildman–Crippen LogP) is 12.9.